The highest BCUT2D eigenvalue weighted by atomic mass is 15.3. The molecule has 0 aliphatic carbocycles. The number of piperazine rings is 1. The molecule has 1 fully saturated rings. The highest BCUT2D eigenvalue weighted by Gasteiger charge is 2.23. The number of imidazole rings is 2. The minimum Gasteiger partial charge on any atom is -0.351 e. The van der Waals surface area contributed by atoms with Crippen molar-refractivity contribution in [1.82, 2.24) is 39.5 Å². The molecule has 4 aromatic rings. The van der Waals surface area contributed by atoms with Crippen LogP contribution in [0.15, 0.2) is 25.3 Å². The van der Waals surface area contributed by atoms with Gasteiger partial charge >= 0.3 is 0 Å². The lowest BCUT2D eigenvalue weighted by molar-refractivity contribution is 0.643. The topological polar surface area (TPSA) is 105 Å². The molecule has 0 saturated carbocycles. The van der Waals surface area contributed by atoms with E-state index in [0.717, 1.165) is 61.0 Å². The van der Waals surface area contributed by atoms with Crippen LogP contribution in [0.1, 0.15) is 6.92 Å². The van der Waals surface area contributed by atoms with E-state index in [2.05, 4.69) is 51.6 Å². The minimum absolute atomic E-state index is 0.694. The van der Waals surface area contributed by atoms with Gasteiger partial charge in [0.25, 0.3) is 0 Å². The Kier molecular flexibility index (Phi) is 3.40. The zero-order chi connectivity index (χ0) is 17.5. The molecule has 5 heterocycles. The average molecular weight is 350 g/mol. The Morgan fingerprint density at radius 1 is 0.885 bits per heavy atom. The Labute approximate surface area is 149 Å². The van der Waals surface area contributed by atoms with Crippen molar-refractivity contribution in [2.75, 3.05) is 36.0 Å². The van der Waals surface area contributed by atoms with E-state index in [1.165, 1.54) is 0 Å². The van der Waals surface area contributed by atoms with Crippen LogP contribution in [0.2, 0.25) is 0 Å². The molecular weight excluding hydrogens is 332 g/mol. The summed E-state index contributed by atoms with van der Waals surface area (Å²) in [5.41, 5.74) is 3.32. The Bertz CT molecular complexity index is 1060. The van der Waals surface area contributed by atoms with Crippen molar-refractivity contribution >= 4 is 34.0 Å². The number of aromatic nitrogens is 8. The number of nitrogens with one attached hydrogen (secondary N) is 1. The zero-order valence-electron chi connectivity index (χ0n) is 14.4. The van der Waals surface area contributed by atoms with Crippen molar-refractivity contribution in [2.24, 2.45) is 0 Å². The summed E-state index contributed by atoms with van der Waals surface area (Å²) in [6.07, 6.45) is 6.67. The molecule has 4 aromatic heterocycles. The number of H-pyrrole nitrogens is 1. The third-order valence-electron chi connectivity index (χ3n) is 4.80. The smallest absolute Gasteiger partial charge is 0.182 e. The van der Waals surface area contributed by atoms with Crippen LogP contribution in [-0.4, -0.2) is 65.6 Å². The second kappa shape index (κ2) is 5.90. The summed E-state index contributed by atoms with van der Waals surface area (Å²) < 4.78 is 2.03. The van der Waals surface area contributed by atoms with E-state index < -0.39 is 0 Å². The molecule has 10 nitrogen and oxygen atoms in total. The quantitative estimate of drug-likeness (QED) is 0.579. The second-order valence-electron chi connectivity index (χ2n) is 6.17. The predicted octanol–water partition coefficient (Wildman–Crippen LogP) is 0.839. The molecule has 132 valence electrons. The molecular formula is C16H18N10. The highest BCUT2D eigenvalue weighted by Crippen LogP contribution is 2.25. The Balaban J connectivity index is 1.41. The third kappa shape index (κ3) is 2.25. The summed E-state index contributed by atoms with van der Waals surface area (Å²) in [7, 11) is 0. The molecule has 5 rings (SSSR count). The van der Waals surface area contributed by atoms with Crippen molar-refractivity contribution in [3.8, 4) is 0 Å². The molecule has 1 aliphatic heterocycles. The van der Waals surface area contributed by atoms with Gasteiger partial charge in [-0.2, -0.15) is 0 Å². The van der Waals surface area contributed by atoms with E-state index in [1.54, 1.807) is 19.0 Å². The summed E-state index contributed by atoms with van der Waals surface area (Å²) in [6.45, 7) is 6.28. The van der Waals surface area contributed by atoms with E-state index >= 15 is 0 Å². The van der Waals surface area contributed by atoms with Crippen LogP contribution in [0.5, 0.6) is 0 Å². The molecule has 26 heavy (non-hydrogen) atoms. The molecule has 10 heteroatoms. The van der Waals surface area contributed by atoms with Gasteiger partial charge in [-0.05, 0) is 6.92 Å². The number of anilines is 2. The largest absolute Gasteiger partial charge is 0.351 e. The van der Waals surface area contributed by atoms with E-state index in [1.807, 2.05) is 10.9 Å². The van der Waals surface area contributed by atoms with Crippen molar-refractivity contribution in [3.63, 3.8) is 0 Å². The summed E-state index contributed by atoms with van der Waals surface area (Å²) in [6, 6.07) is 0. The van der Waals surface area contributed by atoms with Gasteiger partial charge < -0.3 is 19.4 Å². The van der Waals surface area contributed by atoms with Gasteiger partial charge in [0, 0.05) is 32.7 Å². The zero-order valence-corrected chi connectivity index (χ0v) is 14.4. The standard InChI is InChI=1S/C16H18N10/c1-2-24-10-23-12-15(24)21-9-22-16(12)26-5-3-25(4-6-26)14-11-13(18-7-17-11)19-8-20-14/h7-10H,2-6H2,1H3,(H,17,18,19,20). The minimum atomic E-state index is 0.694. The fourth-order valence-electron chi connectivity index (χ4n) is 3.45. The van der Waals surface area contributed by atoms with Crippen LogP contribution in [0.4, 0.5) is 11.6 Å². The molecule has 0 amide bonds. The third-order valence-corrected chi connectivity index (χ3v) is 4.80. The molecule has 0 atom stereocenters. The van der Waals surface area contributed by atoms with Crippen molar-refractivity contribution in [3.05, 3.63) is 25.3 Å². The summed E-state index contributed by atoms with van der Waals surface area (Å²) in [5, 5.41) is 0. The Morgan fingerprint density at radius 2 is 1.62 bits per heavy atom. The van der Waals surface area contributed by atoms with Gasteiger partial charge in [-0.25, -0.2) is 29.9 Å². The van der Waals surface area contributed by atoms with E-state index in [9.17, 15) is 0 Å². The summed E-state index contributed by atoms with van der Waals surface area (Å²) in [4.78, 5) is 33.9. The maximum Gasteiger partial charge on any atom is 0.182 e. The van der Waals surface area contributed by atoms with Gasteiger partial charge in [-0.3, -0.25) is 0 Å². The number of nitrogens with zero attached hydrogens (tertiary/aromatic N) is 9. The number of hydrogen-bond donors (Lipinski definition) is 1. The van der Waals surface area contributed by atoms with E-state index in [-0.39, 0.29) is 0 Å². The van der Waals surface area contributed by atoms with Gasteiger partial charge in [-0.15, -0.1) is 0 Å². The number of hydrogen-bond acceptors (Lipinski definition) is 8. The fourth-order valence-corrected chi connectivity index (χ4v) is 3.45. The SMILES string of the molecule is CCn1cnc2c(N3CCN(c4ncnc5nc[nH]c45)CC3)ncnc21. The van der Waals surface area contributed by atoms with Crippen LogP contribution in [0.3, 0.4) is 0 Å². The first-order valence-corrected chi connectivity index (χ1v) is 8.65. The number of aryl methyl sites for hydroxylation is 1. The first-order valence-electron chi connectivity index (χ1n) is 8.65. The lowest BCUT2D eigenvalue weighted by Crippen LogP contribution is -2.47. The Morgan fingerprint density at radius 3 is 2.42 bits per heavy atom. The van der Waals surface area contributed by atoms with Gasteiger partial charge in [0.2, 0.25) is 0 Å². The van der Waals surface area contributed by atoms with Crippen LogP contribution in [0, 0.1) is 0 Å². The average Bonchev–Trinajstić information content (AvgIpc) is 3.34. The lowest BCUT2D eigenvalue weighted by Gasteiger charge is -2.36. The van der Waals surface area contributed by atoms with Gasteiger partial charge in [0.1, 0.15) is 18.2 Å². The van der Waals surface area contributed by atoms with E-state index in [0.29, 0.717) is 5.65 Å². The van der Waals surface area contributed by atoms with Crippen LogP contribution < -0.4 is 9.80 Å². The summed E-state index contributed by atoms with van der Waals surface area (Å²) in [5.74, 6) is 1.80. The first kappa shape index (κ1) is 15.0. The molecule has 1 aliphatic rings. The number of aromatic amines is 1. The molecule has 0 spiro atoms. The number of rotatable bonds is 3. The summed E-state index contributed by atoms with van der Waals surface area (Å²) >= 11 is 0. The fraction of sp³-hybridized carbons (Fsp3) is 0.375. The normalized spacial score (nSPS) is 15.3. The Hall–Kier alpha value is -3.30. The second-order valence-corrected chi connectivity index (χ2v) is 6.17. The first-order chi connectivity index (χ1) is 12.8. The van der Waals surface area contributed by atoms with Gasteiger partial charge in [-0.1, -0.05) is 0 Å². The monoisotopic (exact) mass is 350 g/mol. The van der Waals surface area contributed by atoms with Crippen LogP contribution in [0.25, 0.3) is 22.3 Å². The number of fused-ring (bicyclic) bond motifs is 2. The van der Waals surface area contributed by atoms with Crippen molar-refractivity contribution in [1.29, 1.82) is 0 Å². The van der Waals surface area contributed by atoms with Gasteiger partial charge in [0.15, 0.2) is 28.4 Å². The predicted molar refractivity (Wildman–Crippen MR) is 97.1 cm³/mol. The molecule has 0 unspecified atom stereocenters. The molecule has 1 N–H and O–H groups in total. The maximum absolute atomic E-state index is 4.52. The molecule has 0 aromatic carbocycles. The van der Waals surface area contributed by atoms with Crippen molar-refractivity contribution in [2.45, 2.75) is 13.5 Å². The van der Waals surface area contributed by atoms with E-state index in [4.69, 9.17) is 0 Å². The van der Waals surface area contributed by atoms with Crippen LogP contribution in [-0.2, 0) is 6.54 Å². The van der Waals surface area contributed by atoms with Gasteiger partial charge in [0.05, 0.1) is 12.7 Å². The molecule has 1 saturated heterocycles. The molecule has 0 bridgehead atoms. The maximum atomic E-state index is 4.52. The van der Waals surface area contributed by atoms with Crippen molar-refractivity contribution < 1.29 is 0 Å². The lowest BCUT2D eigenvalue weighted by atomic mass is 10.3. The highest BCUT2D eigenvalue weighted by molar-refractivity contribution is 5.84. The molecule has 0 radical (unpaired) electrons. The van der Waals surface area contributed by atoms with Crippen LogP contribution >= 0.6 is 0 Å².